The van der Waals surface area contributed by atoms with Gasteiger partial charge in [-0.1, -0.05) is 31.4 Å². The summed E-state index contributed by atoms with van der Waals surface area (Å²) in [5, 5.41) is 19.8. The van der Waals surface area contributed by atoms with Crippen molar-refractivity contribution in [1.29, 1.82) is 0 Å². The normalized spacial score (nSPS) is 20.4. The van der Waals surface area contributed by atoms with E-state index in [4.69, 9.17) is 4.74 Å². The van der Waals surface area contributed by atoms with Crippen molar-refractivity contribution in [3.05, 3.63) is 29.8 Å². The van der Waals surface area contributed by atoms with E-state index in [1.54, 1.807) is 6.92 Å². The summed E-state index contributed by atoms with van der Waals surface area (Å²) in [6.07, 6.45) is 4.51. The van der Waals surface area contributed by atoms with E-state index in [0.29, 0.717) is 12.4 Å². The number of hydrogen-bond donors (Lipinski definition) is 2. The Morgan fingerprint density at radius 3 is 2.67 bits per heavy atom. The van der Waals surface area contributed by atoms with Gasteiger partial charge in [0.2, 0.25) is 0 Å². The minimum atomic E-state index is -0.668. The molecule has 1 fully saturated rings. The molecule has 0 spiro atoms. The van der Waals surface area contributed by atoms with Crippen molar-refractivity contribution in [2.45, 2.75) is 50.7 Å². The summed E-state index contributed by atoms with van der Waals surface area (Å²) in [5.74, 6) is 0.715. The molecule has 1 atom stereocenters. The average molecular weight is 250 g/mol. The van der Waals surface area contributed by atoms with Crippen LogP contribution in [0.3, 0.4) is 0 Å². The van der Waals surface area contributed by atoms with Gasteiger partial charge in [-0.25, -0.2) is 0 Å². The highest BCUT2D eigenvalue weighted by Crippen LogP contribution is 2.29. The average Bonchev–Trinajstić information content (AvgIpc) is 2.38. The molecule has 0 amide bonds. The molecule has 2 N–H and O–H groups in total. The van der Waals surface area contributed by atoms with E-state index < -0.39 is 11.7 Å². The van der Waals surface area contributed by atoms with Gasteiger partial charge in [0.1, 0.15) is 12.4 Å². The van der Waals surface area contributed by atoms with Crippen LogP contribution in [0.5, 0.6) is 5.75 Å². The zero-order valence-electron chi connectivity index (χ0n) is 10.9. The van der Waals surface area contributed by atoms with Crippen LogP contribution in [0.25, 0.3) is 0 Å². The monoisotopic (exact) mass is 250 g/mol. The number of aliphatic hydroxyl groups excluding tert-OH is 1. The highest BCUT2D eigenvalue weighted by molar-refractivity contribution is 5.29. The van der Waals surface area contributed by atoms with Gasteiger partial charge in [0.15, 0.2) is 0 Å². The highest BCUT2D eigenvalue weighted by atomic mass is 16.5. The van der Waals surface area contributed by atoms with Crippen LogP contribution in [0.4, 0.5) is 0 Å². The smallest absolute Gasteiger partial charge is 0.119 e. The topological polar surface area (TPSA) is 49.7 Å². The lowest BCUT2D eigenvalue weighted by atomic mass is 9.85. The van der Waals surface area contributed by atoms with Gasteiger partial charge in [-0.2, -0.15) is 0 Å². The minimum Gasteiger partial charge on any atom is -0.491 e. The lowest BCUT2D eigenvalue weighted by Gasteiger charge is -2.31. The summed E-state index contributed by atoms with van der Waals surface area (Å²) < 4.78 is 5.68. The van der Waals surface area contributed by atoms with E-state index in [1.165, 1.54) is 6.42 Å². The van der Waals surface area contributed by atoms with Gasteiger partial charge in [-0.3, -0.25) is 0 Å². The van der Waals surface area contributed by atoms with Crippen LogP contribution in [0, 0.1) is 0 Å². The largest absolute Gasteiger partial charge is 0.491 e. The van der Waals surface area contributed by atoms with Crippen molar-refractivity contribution < 1.29 is 14.9 Å². The first-order chi connectivity index (χ1) is 8.59. The lowest BCUT2D eigenvalue weighted by Crippen LogP contribution is -2.37. The van der Waals surface area contributed by atoms with E-state index in [1.807, 2.05) is 24.3 Å². The first-order valence-corrected chi connectivity index (χ1v) is 6.72. The van der Waals surface area contributed by atoms with Crippen LogP contribution in [0.1, 0.15) is 50.7 Å². The summed E-state index contributed by atoms with van der Waals surface area (Å²) in [6.45, 7) is 2.07. The molecule has 100 valence electrons. The maximum atomic E-state index is 10.3. The summed E-state index contributed by atoms with van der Waals surface area (Å²) in [6, 6.07) is 7.42. The minimum absolute atomic E-state index is 0.344. The third-order valence-corrected chi connectivity index (χ3v) is 3.63. The fraction of sp³-hybridized carbons (Fsp3) is 0.600. The Kier molecular flexibility index (Phi) is 4.25. The molecule has 2 rings (SSSR count). The number of rotatable bonds is 4. The molecule has 0 saturated heterocycles. The predicted molar refractivity (Wildman–Crippen MR) is 70.6 cm³/mol. The lowest BCUT2D eigenvalue weighted by molar-refractivity contribution is -0.0339. The fourth-order valence-electron chi connectivity index (χ4n) is 2.44. The molecule has 0 radical (unpaired) electrons. The highest BCUT2D eigenvalue weighted by Gasteiger charge is 2.29. The summed E-state index contributed by atoms with van der Waals surface area (Å²) in [4.78, 5) is 0. The predicted octanol–water partition coefficient (Wildman–Crippen LogP) is 2.81. The Morgan fingerprint density at radius 1 is 1.28 bits per heavy atom. The molecular formula is C15H22O3. The molecule has 1 aromatic carbocycles. The molecule has 3 heteroatoms. The Hall–Kier alpha value is -1.06. The van der Waals surface area contributed by atoms with Crippen molar-refractivity contribution in [3.8, 4) is 5.75 Å². The molecule has 18 heavy (non-hydrogen) atoms. The summed E-state index contributed by atoms with van der Waals surface area (Å²) >= 11 is 0. The van der Waals surface area contributed by atoms with E-state index in [0.717, 1.165) is 31.2 Å². The van der Waals surface area contributed by atoms with Crippen LogP contribution in [-0.4, -0.2) is 22.4 Å². The van der Waals surface area contributed by atoms with Crippen molar-refractivity contribution in [2.75, 3.05) is 6.61 Å². The second-order valence-electron chi connectivity index (χ2n) is 5.32. The number of hydrogen-bond acceptors (Lipinski definition) is 3. The third kappa shape index (κ3) is 3.47. The van der Waals surface area contributed by atoms with Gasteiger partial charge in [0.05, 0.1) is 11.7 Å². The van der Waals surface area contributed by atoms with Crippen LogP contribution in [0.2, 0.25) is 0 Å². The Labute approximate surface area is 108 Å². The van der Waals surface area contributed by atoms with Crippen molar-refractivity contribution >= 4 is 0 Å². The van der Waals surface area contributed by atoms with E-state index in [-0.39, 0.29) is 0 Å². The molecule has 0 unspecified atom stereocenters. The molecular weight excluding hydrogens is 228 g/mol. The van der Waals surface area contributed by atoms with E-state index >= 15 is 0 Å². The van der Waals surface area contributed by atoms with Gasteiger partial charge in [-0.05, 0) is 37.5 Å². The van der Waals surface area contributed by atoms with Crippen LogP contribution < -0.4 is 4.74 Å². The SMILES string of the molecule is C[C@@H](O)c1cccc(OCC2(O)CCCCC2)c1. The Morgan fingerprint density at radius 2 is 2.00 bits per heavy atom. The molecule has 1 aliphatic rings. The van der Waals surface area contributed by atoms with Crippen LogP contribution >= 0.6 is 0 Å². The number of benzene rings is 1. The number of ether oxygens (including phenoxy) is 1. The fourth-order valence-corrected chi connectivity index (χ4v) is 2.44. The molecule has 0 heterocycles. The summed E-state index contributed by atoms with van der Waals surface area (Å²) in [5.41, 5.74) is 0.169. The Bertz CT molecular complexity index is 381. The second kappa shape index (κ2) is 5.72. The standard InChI is InChI=1S/C15H22O3/c1-12(16)13-6-5-7-14(10-13)18-11-15(17)8-3-2-4-9-15/h5-7,10,12,16-17H,2-4,8-9,11H2,1H3/t12-/m1/s1. The molecule has 1 aliphatic carbocycles. The first kappa shape index (κ1) is 13.4. The second-order valence-corrected chi connectivity index (χ2v) is 5.32. The van der Waals surface area contributed by atoms with Gasteiger partial charge < -0.3 is 14.9 Å². The molecule has 0 aromatic heterocycles. The molecule has 1 saturated carbocycles. The van der Waals surface area contributed by atoms with Crippen LogP contribution in [-0.2, 0) is 0 Å². The van der Waals surface area contributed by atoms with Gasteiger partial charge in [0, 0.05) is 0 Å². The first-order valence-electron chi connectivity index (χ1n) is 6.72. The van der Waals surface area contributed by atoms with Gasteiger partial charge in [-0.15, -0.1) is 0 Å². The third-order valence-electron chi connectivity index (χ3n) is 3.63. The van der Waals surface area contributed by atoms with E-state index in [9.17, 15) is 10.2 Å². The quantitative estimate of drug-likeness (QED) is 0.864. The van der Waals surface area contributed by atoms with Crippen molar-refractivity contribution in [1.82, 2.24) is 0 Å². The maximum Gasteiger partial charge on any atom is 0.119 e. The molecule has 0 bridgehead atoms. The van der Waals surface area contributed by atoms with Crippen LogP contribution in [0.15, 0.2) is 24.3 Å². The van der Waals surface area contributed by atoms with Crippen molar-refractivity contribution in [2.24, 2.45) is 0 Å². The molecule has 0 aliphatic heterocycles. The Balaban J connectivity index is 1.95. The van der Waals surface area contributed by atoms with Crippen molar-refractivity contribution in [3.63, 3.8) is 0 Å². The summed E-state index contributed by atoms with van der Waals surface area (Å²) in [7, 11) is 0. The zero-order valence-corrected chi connectivity index (χ0v) is 10.9. The maximum absolute atomic E-state index is 10.3. The molecule has 3 nitrogen and oxygen atoms in total. The molecule has 1 aromatic rings. The zero-order chi connectivity index (χ0) is 13.0. The van der Waals surface area contributed by atoms with E-state index in [2.05, 4.69) is 0 Å². The van der Waals surface area contributed by atoms with Gasteiger partial charge >= 0.3 is 0 Å². The number of aliphatic hydroxyl groups is 2. The van der Waals surface area contributed by atoms with Gasteiger partial charge in [0.25, 0.3) is 0 Å².